The minimum atomic E-state index is -0.773. The Morgan fingerprint density at radius 3 is 2.72 bits per heavy atom. The molecule has 3 N–H and O–H groups in total. The van der Waals surface area contributed by atoms with Crippen LogP contribution in [0.15, 0.2) is 17.3 Å². The first-order chi connectivity index (χ1) is 11.9. The third-order valence-corrected chi connectivity index (χ3v) is 4.49. The lowest BCUT2D eigenvalue weighted by Gasteiger charge is -2.19. The molecule has 1 aromatic heterocycles. The number of nitrogens with one attached hydrogen (secondary N) is 3. The molecule has 25 heavy (non-hydrogen) atoms. The maximum absolute atomic E-state index is 12.3. The Balaban J connectivity index is 1.73. The number of carbonyl (C=O) groups excluding carboxylic acids is 2. The van der Waals surface area contributed by atoms with Gasteiger partial charge in [0, 0.05) is 33.4 Å². The number of aliphatic imine (C=N–C) groups is 1. The first kappa shape index (κ1) is 18.8. The van der Waals surface area contributed by atoms with Crippen molar-refractivity contribution in [1.29, 1.82) is 0 Å². The summed E-state index contributed by atoms with van der Waals surface area (Å²) in [5, 5.41) is 13.2. The van der Waals surface area contributed by atoms with Gasteiger partial charge in [-0.3, -0.25) is 19.4 Å². The van der Waals surface area contributed by atoms with Crippen LogP contribution in [-0.2, 0) is 18.4 Å². The maximum Gasteiger partial charge on any atom is 0.325 e. The van der Waals surface area contributed by atoms with Crippen LogP contribution in [0.3, 0.4) is 0 Å². The molecule has 0 bridgehead atoms. The molecule has 1 aromatic rings. The van der Waals surface area contributed by atoms with Crippen molar-refractivity contribution in [1.82, 2.24) is 30.6 Å². The predicted molar refractivity (Wildman–Crippen MR) is 95.0 cm³/mol. The number of amides is 3. The molecule has 1 saturated heterocycles. The van der Waals surface area contributed by atoms with Gasteiger partial charge in [0.1, 0.15) is 5.54 Å². The van der Waals surface area contributed by atoms with Gasteiger partial charge in [-0.1, -0.05) is 6.92 Å². The van der Waals surface area contributed by atoms with Gasteiger partial charge in [-0.15, -0.1) is 0 Å². The Labute approximate surface area is 147 Å². The standard InChI is InChI=1S/C16H27N7O2/c1-5-16(2)13(24)23(15(25)21-16)10-6-8-18-14(17-3)19-11-12-7-9-20-22(12)4/h7,9H,5-6,8,10-11H2,1-4H3,(H,21,25)(H2,17,18,19). The lowest BCUT2D eigenvalue weighted by molar-refractivity contribution is -0.130. The van der Waals surface area contributed by atoms with Crippen molar-refractivity contribution in [3.05, 3.63) is 18.0 Å². The highest BCUT2D eigenvalue weighted by molar-refractivity contribution is 6.06. The number of guanidine groups is 1. The average molecular weight is 349 g/mol. The zero-order valence-electron chi connectivity index (χ0n) is 15.3. The van der Waals surface area contributed by atoms with E-state index < -0.39 is 5.54 Å². The second-order valence-electron chi connectivity index (χ2n) is 6.22. The van der Waals surface area contributed by atoms with E-state index in [1.165, 1.54) is 4.90 Å². The van der Waals surface area contributed by atoms with Gasteiger partial charge in [-0.2, -0.15) is 5.10 Å². The molecule has 2 rings (SSSR count). The molecule has 138 valence electrons. The SMILES string of the molecule is CCC1(C)NC(=O)N(CCCNC(=NC)NCc2ccnn2C)C1=O. The zero-order chi connectivity index (χ0) is 18.4. The van der Waals surface area contributed by atoms with Gasteiger partial charge in [0.15, 0.2) is 5.96 Å². The van der Waals surface area contributed by atoms with E-state index in [2.05, 4.69) is 26.0 Å². The van der Waals surface area contributed by atoms with Crippen LogP contribution in [0.2, 0.25) is 0 Å². The largest absolute Gasteiger partial charge is 0.356 e. The number of rotatable bonds is 7. The van der Waals surface area contributed by atoms with Crippen molar-refractivity contribution in [2.75, 3.05) is 20.1 Å². The topological polar surface area (TPSA) is 104 Å². The van der Waals surface area contributed by atoms with Gasteiger partial charge in [-0.25, -0.2) is 4.79 Å². The normalized spacial score (nSPS) is 20.8. The molecule has 0 radical (unpaired) electrons. The molecule has 1 atom stereocenters. The smallest absolute Gasteiger partial charge is 0.325 e. The van der Waals surface area contributed by atoms with Crippen LogP contribution < -0.4 is 16.0 Å². The lowest BCUT2D eigenvalue weighted by atomic mass is 9.99. The van der Waals surface area contributed by atoms with Crippen LogP contribution >= 0.6 is 0 Å². The number of urea groups is 1. The highest BCUT2D eigenvalue weighted by atomic mass is 16.2. The van der Waals surface area contributed by atoms with E-state index in [4.69, 9.17) is 0 Å². The van der Waals surface area contributed by atoms with Gasteiger partial charge < -0.3 is 16.0 Å². The number of imide groups is 1. The molecule has 3 amide bonds. The Kier molecular flexibility index (Phi) is 6.00. The Hall–Kier alpha value is -2.58. The Bertz CT molecular complexity index is 655. The number of nitrogens with zero attached hydrogens (tertiary/aromatic N) is 4. The van der Waals surface area contributed by atoms with E-state index in [1.807, 2.05) is 20.0 Å². The van der Waals surface area contributed by atoms with Crippen molar-refractivity contribution in [3.63, 3.8) is 0 Å². The zero-order valence-corrected chi connectivity index (χ0v) is 15.3. The van der Waals surface area contributed by atoms with Gasteiger partial charge in [0.2, 0.25) is 0 Å². The highest BCUT2D eigenvalue weighted by Crippen LogP contribution is 2.20. The fourth-order valence-corrected chi connectivity index (χ4v) is 2.60. The molecule has 1 aliphatic heterocycles. The van der Waals surface area contributed by atoms with E-state index in [-0.39, 0.29) is 11.9 Å². The van der Waals surface area contributed by atoms with Gasteiger partial charge in [0.05, 0.1) is 12.2 Å². The molecule has 2 heterocycles. The number of aryl methyl sites for hydroxylation is 1. The number of carbonyl (C=O) groups is 2. The third kappa shape index (κ3) is 4.28. The second kappa shape index (κ2) is 8.00. The van der Waals surface area contributed by atoms with Gasteiger partial charge >= 0.3 is 6.03 Å². The summed E-state index contributed by atoms with van der Waals surface area (Å²) in [7, 11) is 3.58. The molecule has 1 fully saturated rings. The summed E-state index contributed by atoms with van der Waals surface area (Å²) in [6, 6.07) is 1.62. The average Bonchev–Trinajstić information content (AvgIpc) is 3.10. The molecule has 1 unspecified atom stereocenters. The van der Waals surface area contributed by atoms with Crippen LogP contribution in [0.5, 0.6) is 0 Å². The molecule has 9 nitrogen and oxygen atoms in total. The lowest BCUT2D eigenvalue weighted by Crippen LogP contribution is -2.43. The molecule has 0 aromatic carbocycles. The summed E-state index contributed by atoms with van der Waals surface area (Å²) < 4.78 is 1.79. The minimum Gasteiger partial charge on any atom is -0.356 e. The van der Waals surface area contributed by atoms with Crippen LogP contribution in [0.4, 0.5) is 4.79 Å². The highest BCUT2D eigenvalue weighted by Gasteiger charge is 2.45. The summed E-state index contributed by atoms with van der Waals surface area (Å²) >= 11 is 0. The van der Waals surface area contributed by atoms with Gasteiger partial charge in [0.25, 0.3) is 5.91 Å². The van der Waals surface area contributed by atoms with Crippen LogP contribution in [0.25, 0.3) is 0 Å². The van der Waals surface area contributed by atoms with E-state index in [9.17, 15) is 9.59 Å². The summed E-state index contributed by atoms with van der Waals surface area (Å²) in [5.41, 5.74) is 0.270. The van der Waals surface area contributed by atoms with Crippen LogP contribution in [0, 0.1) is 0 Å². The second-order valence-corrected chi connectivity index (χ2v) is 6.22. The fourth-order valence-electron chi connectivity index (χ4n) is 2.60. The molecule has 0 saturated carbocycles. The first-order valence-electron chi connectivity index (χ1n) is 8.46. The van der Waals surface area contributed by atoms with E-state index in [1.54, 1.807) is 24.9 Å². The quantitative estimate of drug-likeness (QED) is 0.282. The summed E-state index contributed by atoms with van der Waals surface area (Å²) in [6.45, 7) is 5.24. The maximum atomic E-state index is 12.3. The van der Waals surface area contributed by atoms with Crippen molar-refractivity contribution >= 4 is 17.9 Å². The van der Waals surface area contributed by atoms with E-state index in [0.717, 1.165) is 5.69 Å². The summed E-state index contributed by atoms with van der Waals surface area (Å²) in [5.74, 6) is 0.510. The Morgan fingerprint density at radius 2 is 2.16 bits per heavy atom. The van der Waals surface area contributed by atoms with Gasteiger partial charge in [-0.05, 0) is 25.8 Å². The van der Waals surface area contributed by atoms with E-state index in [0.29, 0.717) is 38.4 Å². The summed E-state index contributed by atoms with van der Waals surface area (Å²) in [6.07, 6.45) is 2.97. The predicted octanol–water partition coefficient (Wildman–Crippen LogP) is 0.196. The van der Waals surface area contributed by atoms with Crippen molar-refractivity contribution in [2.24, 2.45) is 12.0 Å². The molecule has 1 aliphatic rings. The number of hydrogen-bond acceptors (Lipinski definition) is 4. The monoisotopic (exact) mass is 349 g/mol. The molecule has 9 heteroatoms. The van der Waals surface area contributed by atoms with Crippen LogP contribution in [0.1, 0.15) is 32.4 Å². The molecule has 0 aliphatic carbocycles. The van der Waals surface area contributed by atoms with Crippen LogP contribution in [-0.4, -0.2) is 58.3 Å². The van der Waals surface area contributed by atoms with Crippen molar-refractivity contribution < 1.29 is 9.59 Å². The molecule has 0 spiro atoms. The summed E-state index contributed by atoms with van der Waals surface area (Å²) in [4.78, 5) is 29.7. The van der Waals surface area contributed by atoms with E-state index >= 15 is 0 Å². The van der Waals surface area contributed by atoms with Crippen molar-refractivity contribution in [2.45, 2.75) is 38.8 Å². The third-order valence-electron chi connectivity index (χ3n) is 4.49. The number of hydrogen-bond donors (Lipinski definition) is 3. The molecular formula is C16H27N7O2. The first-order valence-corrected chi connectivity index (χ1v) is 8.46. The minimum absolute atomic E-state index is 0.154. The Morgan fingerprint density at radius 1 is 1.40 bits per heavy atom. The fraction of sp³-hybridized carbons (Fsp3) is 0.625. The number of aromatic nitrogens is 2. The molecular weight excluding hydrogens is 322 g/mol. The van der Waals surface area contributed by atoms with Crippen molar-refractivity contribution in [3.8, 4) is 0 Å².